The van der Waals surface area contributed by atoms with Gasteiger partial charge in [-0.05, 0) is 25.0 Å². The molecule has 3 heteroatoms. The van der Waals surface area contributed by atoms with E-state index in [4.69, 9.17) is 5.73 Å². The van der Waals surface area contributed by atoms with Crippen LogP contribution >= 0.6 is 0 Å². The van der Waals surface area contributed by atoms with Crippen LogP contribution < -0.4 is 11.1 Å². The van der Waals surface area contributed by atoms with Crippen molar-refractivity contribution in [1.82, 2.24) is 5.32 Å². The maximum Gasteiger partial charge on any atom is 0.239 e. The van der Waals surface area contributed by atoms with E-state index in [0.29, 0.717) is 6.54 Å². The third-order valence-corrected chi connectivity index (χ3v) is 3.22. The Bertz CT molecular complexity index is 573. The Labute approximate surface area is 119 Å². The van der Waals surface area contributed by atoms with Crippen molar-refractivity contribution in [2.24, 2.45) is 5.73 Å². The molecular formula is C17H20N2O. The van der Waals surface area contributed by atoms with E-state index in [1.807, 2.05) is 56.3 Å². The molecule has 0 aliphatic carbocycles. The van der Waals surface area contributed by atoms with Crippen molar-refractivity contribution in [2.75, 3.05) is 0 Å². The second kappa shape index (κ2) is 6.35. The molecule has 0 aliphatic heterocycles. The van der Waals surface area contributed by atoms with Crippen molar-refractivity contribution in [3.8, 4) is 0 Å². The Morgan fingerprint density at radius 1 is 1.10 bits per heavy atom. The molecule has 0 saturated carbocycles. The molecule has 2 aromatic carbocycles. The average Bonchev–Trinajstić information content (AvgIpc) is 2.38. The lowest BCUT2D eigenvalue weighted by atomic mass is 10.0. The number of carbonyl (C=O) groups excluding carboxylic acids is 1. The third kappa shape index (κ3) is 3.68. The average molecular weight is 268 g/mol. The molecule has 2 aromatic rings. The summed E-state index contributed by atoms with van der Waals surface area (Å²) in [7, 11) is 0. The number of hydrogen-bond donors (Lipinski definition) is 2. The standard InChI is InChI=1S/C17H20N2O/c1-12-8-13(2)10-15(9-12)16(17(18)20)19-11-14-6-4-3-5-7-14/h3-10,16,19H,11H2,1-2H3,(H2,18,20). The normalized spacial score (nSPS) is 12.1. The van der Waals surface area contributed by atoms with E-state index in [-0.39, 0.29) is 5.91 Å². The van der Waals surface area contributed by atoms with Crippen LogP contribution in [0.3, 0.4) is 0 Å². The molecule has 104 valence electrons. The number of nitrogens with two attached hydrogens (primary N) is 1. The number of benzene rings is 2. The molecule has 0 fully saturated rings. The van der Waals surface area contributed by atoms with Gasteiger partial charge in [-0.2, -0.15) is 0 Å². The number of hydrogen-bond acceptors (Lipinski definition) is 2. The minimum Gasteiger partial charge on any atom is -0.368 e. The molecule has 1 amide bonds. The zero-order chi connectivity index (χ0) is 14.5. The summed E-state index contributed by atoms with van der Waals surface area (Å²) in [5.41, 5.74) is 9.85. The molecule has 1 atom stereocenters. The lowest BCUT2D eigenvalue weighted by Gasteiger charge is -2.17. The highest BCUT2D eigenvalue weighted by Gasteiger charge is 2.17. The summed E-state index contributed by atoms with van der Waals surface area (Å²) < 4.78 is 0. The van der Waals surface area contributed by atoms with Crippen molar-refractivity contribution in [1.29, 1.82) is 0 Å². The third-order valence-electron chi connectivity index (χ3n) is 3.22. The maximum absolute atomic E-state index is 11.7. The van der Waals surface area contributed by atoms with Crippen LogP contribution in [0.1, 0.15) is 28.3 Å². The van der Waals surface area contributed by atoms with Crippen LogP contribution in [0.2, 0.25) is 0 Å². The van der Waals surface area contributed by atoms with Gasteiger partial charge in [-0.15, -0.1) is 0 Å². The van der Waals surface area contributed by atoms with Gasteiger partial charge in [-0.1, -0.05) is 59.7 Å². The van der Waals surface area contributed by atoms with E-state index < -0.39 is 6.04 Å². The van der Waals surface area contributed by atoms with E-state index >= 15 is 0 Å². The van der Waals surface area contributed by atoms with Gasteiger partial charge in [-0.3, -0.25) is 10.1 Å². The summed E-state index contributed by atoms with van der Waals surface area (Å²) in [6.45, 7) is 4.65. The van der Waals surface area contributed by atoms with Crippen LogP contribution in [-0.4, -0.2) is 5.91 Å². The summed E-state index contributed by atoms with van der Waals surface area (Å²) in [6.07, 6.45) is 0. The van der Waals surface area contributed by atoms with Crippen molar-refractivity contribution in [3.63, 3.8) is 0 Å². The Kier molecular flexibility index (Phi) is 4.53. The fourth-order valence-corrected chi connectivity index (χ4v) is 2.38. The minimum atomic E-state index is -0.464. The van der Waals surface area contributed by atoms with Gasteiger partial charge in [0.2, 0.25) is 5.91 Å². The molecule has 0 heterocycles. The summed E-state index contributed by atoms with van der Waals surface area (Å²) in [4.78, 5) is 11.7. The van der Waals surface area contributed by atoms with Crippen molar-refractivity contribution >= 4 is 5.91 Å². The number of primary amides is 1. The zero-order valence-electron chi connectivity index (χ0n) is 11.9. The Morgan fingerprint density at radius 3 is 2.25 bits per heavy atom. The molecule has 1 unspecified atom stereocenters. The van der Waals surface area contributed by atoms with Crippen LogP contribution in [-0.2, 0) is 11.3 Å². The van der Waals surface area contributed by atoms with Gasteiger partial charge in [0.25, 0.3) is 0 Å². The van der Waals surface area contributed by atoms with Gasteiger partial charge in [-0.25, -0.2) is 0 Å². The quantitative estimate of drug-likeness (QED) is 0.875. The number of rotatable bonds is 5. The van der Waals surface area contributed by atoms with Crippen LogP contribution in [0.5, 0.6) is 0 Å². The summed E-state index contributed by atoms with van der Waals surface area (Å²) in [6, 6.07) is 15.6. The fourth-order valence-electron chi connectivity index (χ4n) is 2.38. The van der Waals surface area contributed by atoms with E-state index in [1.165, 1.54) is 0 Å². The lowest BCUT2D eigenvalue weighted by molar-refractivity contribution is -0.120. The molecule has 3 nitrogen and oxygen atoms in total. The molecule has 0 saturated heterocycles. The first-order valence-corrected chi connectivity index (χ1v) is 6.71. The molecule has 0 radical (unpaired) electrons. The SMILES string of the molecule is Cc1cc(C)cc(C(NCc2ccccc2)C(N)=O)c1. The molecule has 2 rings (SSSR count). The molecule has 0 spiro atoms. The summed E-state index contributed by atoms with van der Waals surface area (Å²) >= 11 is 0. The van der Waals surface area contributed by atoms with Gasteiger partial charge in [0.1, 0.15) is 6.04 Å². The Morgan fingerprint density at radius 2 is 1.70 bits per heavy atom. The van der Waals surface area contributed by atoms with Crippen LogP contribution in [0.4, 0.5) is 0 Å². The van der Waals surface area contributed by atoms with Crippen LogP contribution in [0.25, 0.3) is 0 Å². The summed E-state index contributed by atoms with van der Waals surface area (Å²) in [5, 5.41) is 3.23. The largest absolute Gasteiger partial charge is 0.368 e. The smallest absolute Gasteiger partial charge is 0.239 e. The Hall–Kier alpha value is -2.13. The number of amides is 1. The van der Waals surface area contributed by atoms with Crippen molar-refractivity contribution in [2.45, 2.75) is 26.4 Å². The van der Waals surface area contributed by atoms with Gasteiger partial charge < -0.3 is 5.73 Å². The van der Waals surface area contributed by atoms with Gasteiger partial charge in [0, 0.05) is 6.54 Å². The number of aryl methyl sites for hydroxylation is 2. The molecule has 20 heavy (non-hydrogen) atoms. The zero-order valence-corrected chi connectivity index (χ0v) is 11.9. The second-order valence-corrected chi connectivity index (χ2v) is 5.12. The first-order chi connectivity index (χ1) is 9.56. The fraction of sp³-hybridized carbons (Fsp3) is 0.235. The molecule has 0 aliphatic rings. The topological polar surface area (TPSA) is 55.1 Å². The summed E-state index contributed by atoms with van der Waals surface area (Å²) in [5.74, 6) is -0.356. The van der Waals surface area contributed by atoms with Gasteiger partial charge in [0.05, 0.1) is 0 Å². The Balaban J connectivity index is 2.17. The maximum atomic E-state index is 11.7. The molecular weight excluding hydrogens is 248 g/mol. The number of nitrogens with one attached hydrogen (secondary N) is 1. The highest BCUT2D eigenvalue weighted by molar-refractivity contribution is 5.81. The first-order valence-electron chi connectivity index (χ1n) is 6.71. The van der Waals surface area contributed by atoms with Crippen LogP contribution in [0, 0.1) is 13.8 Å². The van der Waals surface area contributed by atoms with Gasteiger partial charge >= 0.3 is 0 Å². The van der Waals surface area contributed by atoms with Crippen molar-refractivity contribution < 1.29 is 4.79 Å². The minimum absolute atomic E-state index is 0.356. The molecule has 0 bridgehead atoms. The second-order valence-electron chi connectivity index (χ2n) is 5.12. The molecule has 0 aromatic heterocycles. The van der Waals surface area contributed by atoms with E-state index in [9.17, 15) is 4.79 Å². The monoisotopic (exact) mass is 268 g/mol. The highest BCUT2D eigenvalue weighted by atomic mass is 16.1. The van der Waals surface area contributed by atoms with Crippen molar-refractivity contribution in [3.05, 3.63) is 70.8 Å². The number of carbonyl (C=O) groups is 1. The van der Waals surface area contributed by atoms with E-state index in [0.717, 1.165) is 22.3 Å². The van der Waals surface area contributed by atoms with Gasteiger partial charge in [0.15, 0.2) is 0 Å². The van der Waals surface area contributed by atoms with E-state index in [1.54, 1.807) is 0 Å². The predicted octanol–water partition coefficient (Wildman–Crippen LogP) is 2.62. The highest BCUT2D eigenvalue weighted by Crippen LogP contribution is 2.17. The van der Waals surface area contributed by atoms with Crippen LogP contribution in [0.15, 0.2) is 48.5 Å². The molecule has 3 N–H and O–H groups in total. The predicted molar refractivity (Wildman–Crippen MR) is 81.1 cm³/mol. The van der Waals surface area contributed by atoms with E-state index in [2.05, 4.69) is 11.4 Å². The lowest BCUT2D eigenvalue weighted by Crippen LogP contribution is -2.33. The first kappa shape index (κ1) is 14.3.